The van der Waals surface area contributed by atoms with Gasteiger partial charge in [0, 0.05) is 56.1 Å². The van der Waals surface area contributed by atoms with Crippen LogP contribution >= 0.6 is 0 Å². The maximum Gasteiger partial charge on any atom is 0.322 e. The van der Waals surface area contributed by atoms with Crippen LogP contribution in [0.3, 0.4) is 0 Å². The summed E-state index contributed by atoms with van der Waals surface area (Å²) in [5.74, 6) is -1.44. The van der Waals surface area contributed by atoms with Crippen molar-refractivity contribution in [1.29, 1.82) is 0 Å². The molecule has 1 saturated heterocycles. The first-order valence-corrected chi connectivity index (χ1v) is 11.0. The molecule has 10 nitrogen and oxygen atoms in total. The first-order valence-electron chi connectivity index (χ1n) is 11.0. The predicted octanol–water partition coefficient (Wildman–Crippen LogP) is 2.16. The average Bonchev–Trinajstić information content (AvgIpc) is 3.17. The lowest BCUT2D eigenvalue weighted by Gasteiger charge is -2.35. The fourth-order valence-corrected chi connectivity index (χ4v) is 3.87. The highest BCUT2D eigenvalue weighted by molar-refractivity contribution is 5.72. The van der Waals surface area contributed by atoms with Crippen molar-refractivity contribution in [3.8, 4) is 5.82 Å². The molecule has 4 rings (SSSR count). The zero-order valence-electron chi connectivity index (χ0n) is 19.2. The van der Waals surface area contributed by atoms with Crippen LogP contribution in [0.2, 0.25) is 0 Å². The van der Waals surface area contributed by atoms with E-state index in [-0.39, 0.29) is 12.5 Å². The summed E-state index contributed by atoms with van der Waals surface area (Å²) in [6.45, 7) is 5.23. The number of carbonyl (C=O) groups is 1. The molecule has 0 aliphatic carbocycles. The number of nitrogens with zero attached hydrogens (tertiary/aromatic N) is 6. The van der Waals surface area contributed by atoms with E-state index in [2.05, 4.69) is 25.3 Å². The molecule has 3 aromatic rings. The minimum Gasteiger partial charge on any atom is -0.480 e. The summed E-state index contributed by atoms with van der Waals surface area (Å²) in [5.41, 5.74) is 8.07. The second kappa shape index (κ2) is 10.5. The Labute approximate surface area is 200 Å². The van der Waals surface area contributed by atoms with Gasteiger partial charge in [0.2, 0.25) is 5.95 Å². The van der Waals surface area contributed by atoms with Crippen LogP contribution in [0.1, 0.15) is 11.3 Å². The number of nitrogens with one attached hydrogen (secondary N) is 1. The van der Waals surface area contributed by atoms with Crippen molar-refractivity contribution in [1.82, 2.24) is 24.6 Å². The van der Waals surface area contributed by atoms with E-state index < -0.39 is 17.6 Å². The normalized spacial score (nSPS) is 14.5. The zero-order chi connectivity index (χ0) is 24.9. The Morgan fingerprint density at radius 2 is 1.86 bits per heavy atom. The maximum atomic E-state index is 13.5. The van der Waals surface area contributed by atoms with Gasteiger partial charge in [0.25, 0.3) is 0 Å². The van der Waals surface area contributed by atoms with Crippen molar-refractivity contribution in [2.24, 2.45) is 0 Å². The van der Waals surface area contributed by atoms with Gasteiger partial charge in [-0.15, -0.1) is 0 Å². The zero-order valence-corrected chi connectivity index (χ0v) is 19.2. The van der Waals surface area contributed by atoms with Gasteiger partial charge in [-0.1, -0.05) is 12.2 Å². The first kappa shape index (κ1) is 24.1. The molecular weight excluding hydrogens is 458 g/mol. The van der Waals surface area contributed by atoms with Gasteiger partial charge in [-0.25, -0.2) is 13.5 Å². The molecule has 2 aromatic heterocycles. The van der Waals surface area contributed by atoms with Gasteiger partial charge in [0.15, 0.2) is 5.82 Å². The lowest BCUT2D eigenvalue weighted by atomic mass is 10.2. The Bertz CT molecular complexity index is 1220. The van der Waals surface area contributed by atoms with Crippen LogP contribution in [0, 0.1) is 18.6 Å². The minimum absolute atomic E-state index is 0.00232. The first-order chi connectivity index (χ1) is 16.8. The number of rotatable bonds is 8. The molecule has 3 heterocycles. The van der Waals surface area contributed by atoms with Crippen molar-refractivity contribution < 1.29 is 18.7 Å². The van der Waals surface area contributed by atoms with Crippen LogP contribution in [0.4, 0.5) is 26.2 Å². The third-order valence-electron chi connectivity index (χ3n) is 5.66. The molecule has 1 aliphatic heterocycles. The average molecular weight is 485 g/mol. The summed E-state index contributed by atoms with van der Waals surface area (Å²) < 4.78 is 28.6. The molecule has 35 heavy (non-hydrogen) atoms. The van der Waals surface area contributed by atoms with E-state index in [1.54, 1.807) is 16.9 Å². The third-order valence-corrected chi connectivity index (χ3v) is 5.66. The van der Waals surface area contributed by atoms with Crippen molar-refractivity contribution in [2.75, 3.05) is 55.2 Å². The molecule has 1 fully saturated rings. The van der Waals surface area contributed by atoms with Crippen molar-refractivity contribution in [2.45, 2.75) is 6.92 Å². The summed E-state index contributed by atoms with van der Waals surface area (Å²) >= 11 is 0. The number of carboxylic acid groups (broad SMARTS) is 1. The highest BCUT2D eigenvalue weighted by atomic mass is 19.1. The molecule has 1 aliphatic rings. The van der Waals surface area contributed by atoms with Crippen molar-refractivity contribution in [3.63, 3.8) is 0 Å². The van der Waals surface area contributed by atoms with Gasteiger partial charge in [0.05, 0.1) is 11.9 Å². The van der Waals surface area contributed by atoms with Crippen LogP contribution in [0.25, 0.3) is 11.9 Å². The summed E-state index contributed by atoms with van der Waals surface area (Å²) in [6, 6.07) is 5.17. The topological polar surface area (TPSA) is 125 Å². The smallest absolute Gasteiger partial charge is 0.322 e. The highest BCUT2D eigenvalue weighted by Crippen LogP contribution is 2.20. The SMILES string of the molecule is Cc1c(/C=C/CN2CCN(c3cc(F)cc(F)c3)CC2)cnn1-c1cc(NCC(=O)O)nc(N)n1. The third kappa shape index (κ3) is 6.09. The predicted molar refractivity (Wildman–Crippen MR) is 128 cm³/mol. The van der Waals surface area contributed by atoms with Gasteiger partial charge in [-0.3, -0.25) is 9.69 Å². The highest BCUT2D eigenvalue weighted by Gasteiger charge is 2.17. The molecule has 0 radical (unpaired) electrons. The lowest BCUT2D eigenvalue weighted by molar-refractivity contribution is -0.134. The van der Waals surface area contributed by atoms with E-state index in [1.807, 2.05) is 24.0 Å². The summed E-state index contributed by atoms with van der Waals surface area (Å²) in [7, 11) is 0. The number of piperazine rings is 1. The number of halogens is 2. The van der Waals surface area contributed by atoms with Gasteiger partial charge < -0.3 is 21.1 Å². The van der Waals surface area contributed by atoms with Gasteiger partial charge in [-0.05, 0) is 19.1 Å². The molecule has 0 amide bonds. The molecule has 0 saturated carbocycles. The van der Waals surface area contributed by atoms with Crippen molar-refractivity contribution >= 4 is 29.5 Å². The van der Waals surface area contributed by atoms with E-state index in [9.17, 15) is 13.6 Å². The quantitative estimate of drug-likeness (QED) is 0.441. The van der Waals surface area contributed by atoms with Gasteiger partial charge in [0.1, 0.15) is 24.0 Å². The lowest BCUT2D eigenvalue weighted by Crippen LogP contribution is -2.46. The number of anilines is 3. The van der Waals surface area contributed by atoms with E-state index in [4.69, 9.17) is 10.8 Å². The second-order valence-corrected chi connectivity index (χ2v) is 8.13. The number of aromatic nitrogens is 4. The summed E-state index contributed by atoms with van der Waals surface area (Å²) in [6.07, 6.45) is 5.73. The van der Waals surface area contributed by atoms with E-state index in [1.165, 1.54) is 12.1 Å². The Hall–Kier alpha value is -4.06. The Balaban J connectivity index is 1.36. The van der Waals surface area contributed by atoms with Crippen LogP contribution < -0.4 is 16.0 Å². The molecule has 0 unspecified atom stereocenters. The Kier molecular flexibility index (Phi) is 7.20. The maximum absolute atomic E-state index is 13.5. The molecule has 0 bridgehead atoms. The number of aliphatic carboxylic acids is 1. The fraction of sp³-hybridized carbons (Fsp3) is 0.304. The second-order valence-electron chi connectivity index (χ2n) is 8.13. The van der Waals surface area contributed by atoms with Crippen LogP contribution in [-0.2, 0) is 4.79 Å². The van der Waals surface area contributed by atoms with E-state index in [0.29, 0.717) is 30.4 Å². The monoisotopic (exact) mass is 484 g/mol. The van der Waals surface area contributed by atoms with Gasteiger partial charge in [-0.2, -0.15) is 15.1 Å². The number of benzene rings is 1. The molecule has 12 heteroatoms. The number of nitrogen functional groups attached to an aromatic ring is 1. The number of nitrogens with two attached hydrogens (primary N) is 1. The van der Waals surface area contributed by atoms with Gasteiger partial charge >= 0.3 is 5.97 Å². The molecule has 0 atom stereocenters. The van der Waals surface area contributed by atoms with Crippen LogP contribution in [-0.4, -0.2) is 75.0 Å². The van der Waals surface area contributed by atoms with E-state index in [0.717, 1.165) is 37.0 Å². The van der Waals surface area contributed by atoms with E-state index >= 15 is 0 Å². The summed E-state index contributed by atoms with van der Waals surface area (Å²) in [4.78, 5) is 23.2. The Morgan fingerprint density at radius 1 is 1.14 bits per heavy atom. The molecule has 184 valence electrons. The van der Waals surface area contributed by atoms with Crippen LogP contribution in [0.5, 0.6) is 0 Å². The number of carboxylic acids is 1. The van der Waals surface area contributed by atoms with Crippen molar-refractivity contribution in [3.05, 3.63) is 59.4 Å². The van der Waals surface area contributed by atoms with Crippen LogP contribution in [0.15, 0.2) is 36.5 Å². The molecule has 0 spiro atoms. The molecule has 4 N–H and O–H groups in total. The minimum atomic E-state index is -1.02. The number of hydrogen-bond acceptors (Lipinski definition) is 8. The number of hydrogen-bond donors (Lipinski definition) is 3. The summed E-state index contributed by atoms with van der Waals surface area (Å²) in [5, 5.41) is 15.9. The molecular formula is C23H26F2N8O2. The standard InChI is InChI=1S/C23H26F2N8O2/c1-15-16(13-28-33(15)21-12-20(27-14-22(34)35)29-23(26)30-21)3-2-4-31-5-7-32(8-6-31)19-10-17(24)9-18(25)11-19/h2-3,9-13H,4-8,14H2,1H3,(H,34,35)(H3,26,27,29,30)/b3-2+. The fourth-order valence-electron chi connectivity index (χ4n) is 3.87. The Morgan fingerprint density at radius 3 is 2.54 bits per heavy atom. The molecule has 1 aromatic carbocycles. The largest absolute Gasteiger partial charge is 0.480 e.